The minimum atomic E-state index is -1.12. The Bertz CT molecular complexity index is 320. The number of amides is 2. The molecule has 6 heteroatoms. The van der Waals surface area contributed by atoms with Gasteiger partial charge in [-0.2, -0.15) is 0 Å². The monoisotopic (exact) mass is 242 g/mol. The Morgan fingerprint density at radius 2 is 2.12 bits per heavy atom. The minimum Gasteiger partial charge on any atom is -0.480 e. The highest BCUT2D eigenvalue weighted by Crippen LogP contribution is 1.99. The van der Waals surface area contributed by atoms with Gasteiger partial charge in [0.25, 0.3) is 0 Å². The maximum absolute atomic E-state index is 11.5. The Kier molecular flexibility index (Phi) is 6.07. The number of hydrogen-bond acceptors (Lipinski definition) is 3. The molecule has 0 aliphatic carbocycles. The van der Waals surface area contributed by atoms with Gasteiger partial charge < -0.3 is 20.5 Å². The minimum absolute atomic E-state index is 0.190. The molecule has 0 bridgehead atoms. The topological polar surface area (TPSA) is 87.7 Å². The molecule has 0 radical (unpaired) electrons. The van der Waals surface area contributed by atoms with E-state index in [4.69, 9.17) is 16.3 Å². The number of ether oxygens (including phenoxy) is 1. The molecular weight excluding hydrogens is 224 g/mol. The van der Waals surface area contributed by atoms with Gasteiger partial charge in [0, 0.05) is 20.1 Å². The second-order valence-corrected chi connectivity index (χ2v) is 4.04. The molecule has 3 N–H and O–H groups in total. The number of urea groups is 1. The number of hydrogen-bond donors (Lipinski definition) is 3. The molecule has 0 saturated carbocycles. The van der Waals surface area contributed by atoms with E-state index in [1.807, 2.05) is 0 Å². The lowest BCUT2D eigenvalue weighted by molar-refractivity contribution is -0.139. The van der Waals surface area contributed by atoms with Gasteiger partial charge in [-0.3, -0.25) is 0 Å². The van der Waals surface area contributed by atoms with Crippen LogP contribution in [0.25, 0.3) is 0 Å². The Hall–Kier alpha value is -1.74. The fraction of sp³-hybridized carbons (Fsp3) is 0.636. The molecule has 0 aliphatic heterocycles. The second kappa shape index (κ2) is 6.76. The van der Waals surface area contributed by atoms with Crippen molar-refractivity contribution in [2.75, 3.05) is 13.7 Å². The van der Waals surface area contributed by atoms with Gasteiger partial charge in [-0.15, -0.1) is 6.42 Å². The van der Waals surface area contributed by atoms with E-state index < -0.39 is 23.6 Å². The van der Waals surface area contributed by atoms with E-state index >= 15 is 0 Å². The zero-order valence-corrected chi connectivity index (χ0v) is 10.2. The van der Waals surface area contributed by atoms with Crippen LogP contribution < -0.4 is 10.6 Å². The first-order valence-corrected chi connectivity index (χ1v) is 5.10. The van der Waals surface area contributed by atoms with Crippen molar-refractivity contribution in [2.45, 2.75) is 31.8 Å². The number of nitrogens with one attached hydrogen (secondary N) is 2. The summed E-state index contributed by atoms with van der Waals surface area (Å²) in [5.74, 6) is 1.26. The molecule has 0 saturated heterocycles. The normalized spacial score (nSPS) is 12.4. The smallest absolute Gasteiger partial charge is 0.326 e. The van der Waals surface area contributed by atoms with Gasteiger partial charge >= 0.3 is 12.0 Å². The zero-order chi connectivity index (χ0) is 13.5. The molecule has 0 fully saturated rings. The molecule has 0 aliphatic rings. The Morgan fingerprint density at radius 1 is 1.53 bits per heavy atom. The fourth-order valence-electron chi connectivity index (χ4n) is 1.01. The number of rotatable bonds is 6. The summed E-state index contributed by atoms with van der Waals surface area (Å²) in [6.07, 6.45) is 5.39. The molecular formula is C11H18N2O4. The quantitative estimate of drug-likeness (QED) is 0.580. The third-order valence-electron chi connectivity index (χ3n) is 2.00. The number of terminal acetylenes is 1. The van der Waals surface area contributed by atoms with Crippen LogP contribution >= 0.6 is 0 Å². The number of carbonyl (C=O) groups is 2. The largest absolute Gasteiger partial charge is 0.480 e. The van der Waals surface area contributed by atoms with Crippen LogP contribution in [0.15, 0.2) is 0 Å². The van der Waals surface area contributed by atoms with Gasteiger partial charge in [0.05, 0.1) is 5.54 Å². The van der Waals surface area contributed by atoms with Crippen molar-refractivity contribution >= 4 is 12.0 Å². The van der Waals surface area contributed by atoms with Gasteiger partial charge in [-0.25, -0.2) is 9.59 Å². The summed E-state index contributed by atoms with van der Waals surface area (Å²) in [6, 6.07) is -1.61. The number of carbonyl (C=O) groups excluding carboxylic acids is 1. The average molecular weight is 242 g/mol. The first-order valence-electron chi connectivity index (χ1n) is 5.10. The van der Waals surface area contributed by atoms with E-state index in [0.29, 0.717) is 0 Å². The van der Waals surface area contributed by atoms with Crippen molar-refractivity contribution in [3.05, 3.63) is 0 Å². The van der Waals surface area contributed by atoms with Crippen LogP contribution in [0.4, 0.5) is 4.79 Å². The van der Waals surface area contributed by atoms with E-state index in [-0.39, 0.29) is 13.0 Å². The van der Waals surface area contributed by atoms with Gasteiger partial charge in [0.15, 0.2) is 0 Å². The summed E-state index contributed by atoms with van der Waals surface area (Å²) < 4.78 is 4.76. The molecule has 0 heterocycles. The Labute approximate surface area is 101 Å². The fourth-order valence-corrected chi connectivity index (χ4v) is 1.01. The third kappa shape index (κ3) is 6.43. The van der Waals surface area contributed by atoms with Gasteiger partial charge in [-0.1, -0.05) is 5.92 Å². The van der Waals surface area contributed by atoms with E-state index in [2.05, 4.69) is 16.6 Å². The van der Waals surface area contributed by atoms with E-state index in [1.54, 1.807) is 13.8 Å². The lowest BCUT2D eigenvalue weighted by Crippen LogP contribution is -2.52. The maximum Gasteiger partial charge on any atom is 0.326 e. The van der Waals surface area contributed by atoms with E-state index in [1.165, 1.54) is 7.11 Å². The van der Waals surface area contributed by atoms with Crippen LogP contribution in [0.5, 0.6) is 0 Å². The van der Waals surface area contributed by atoms with Crippen LogP contribution in [0.2, 0.25) is 0 Å². The number of aliphatic carboxylic acids is 1. The number of carboxylic acid groups (broad SMARTS) is 1. The first-order chi connectivity index (χ1) is 7.82. The summed E-state index contributed by atoms with van der Waals surface area (Å²) in [5.41, 5.74) is -0.825. The van der Waals surface area contributed by atoms with Crippen molar-refractivity contribution in [3.8, 4) is 12.3 Å². The molecule has 1 unspecified atom stereocenters. The Morgan fingerprint density at radius 3 is 2.53 bits per heavy atom. The van der Waals surface area contributed by atoms with Crippen LogP contribution in [-0.4, -0.2) is 42.4 Å². The molecule has 6 nitrogen and oxygen atoms in total. The van der Waals surface area contributed by atoms with Crippen LogP contribution in [0.3, 0.4) is 0 Å². The van der Waals surface area contributed by atoms with E-state index in [0.717, 1.165) is 0 Å². The van der Waals surface area contributed by atoms with Crippen molar-refractivity contribution < 1.29 is 19.4 Å². The second-order valence-electron chi connectivity index (χ2n) is 4.04. The van der Waals surface area contributed by atoms with Gasteiger partial charge in [-0.05, 0) is 13.8 Å². The molecule has 0 aromatic rings. The molecule has 0 aromatic heterocycles. The lowest BCUT2D eigenvalue weighted by atomic mass is 10.1. The molecule has 0 aromatic carbocycles. The maximum atomic E-state index is 11.5. The molecule has 0 spiro atoms. The highest BCUT2D eigenvalue weighted by molar-refractivity contribution is 5.83. The van der Waals surface area contributed by atoms with Crippen LogP contribution in [-0.2, 0) is 9.53 Å². The molecule has 17 heavy (non-hydrogen) atoms. The Balaban J connectivity index is 4.32. The van der Waals surface area contributed by atoms with Crippen molar-refractivity contribution in [2.24, 2.45) is 0 Å². The predicted octanol–water partition coefficient (Wildman–Crippen LogP) is 0.187. The number of methoxy groups -OCH3 is 1. The summed E-state index contributed by atoms with van der Waals surface area (Å²) in [7, 11) is 1.46. The van der Waals surface area contributed by atoms with Crippen LogP contribution in [0.1, 0.15) is 20.3 Å². The van der Waals surface area contributed by atoms with Gasteiger partial charge in [0.1, 0.15) is 6.04 Å². The predicted molar refractivity (Wildman–Crippen MR) is 62.5 cm³/mol. The van der Waals surface area contributed by atoms with E-state index in [9.17, 15) is 9.59 Å². The molecule has 1 atom stereocenters. The summed E-state index contributed by atoms with van der Waals surface area (Å²) in [4.78, 5) is 22.3. The summed E-state index contributed by atoms with van der Waals surface area (Å²) in [5, 5.41) is 13.7. The highest BCUT2D eigenvalue weighted by atomic mass is 16.5. The van der Waals surface area contributed by atoms with Crippen molar-refractivity contribution in [3.63, 3.8) is 0 Å². The third-order valence-corrected chi connectivity index (χ3v) is 2.00. The first kappa shape index (κ1) is 15.3. The average Bonchev–Trinajstić information content (AvgIpc) is 2.23. The molecule has 96 valence electrons. The SMILES string of the molecule is C#CC(C)(C)NC(=O)NC(CCOC)C(=O)O. The standard InChI is InChI=1S/C11H18N2O4/c1-5-11(2,3)13-10(16)12-8(9(14)15)6-7-17-4/h1,8H,6-7H2,2-4H3,(H,14,15)(H2,12,13,16). The van der Waals surface area contributed by atoms with Gasteiger partial charge in [0.2, 0.25) is 0 Å². The summed E-state index contributed by atoms with van der Waals surface area (Å²) >= 11 is 0. The highest BCUT2D eigenvalue weighted by Gasteiger charge is 2.23. The lowest BCUT2D eigenvalue weighted by Gasteiger charge is -2.22. The molecule has 2 amide bonds. The summed E-state index contributed by atoms with van der Waals surface area (Å²) in [6.45, 7) is 3.52. The van der Waals surface area contributed by atoms with Crippen LogP contribution in [0, 0.1) is 12.3 Å². The molecule has 0 rings (SSSR count). The van der Waals surface area contributed by atoms with Crippen molar-refractivity contribution in [1.29, 1.82) is 0 Å². The van der Waals surface area contributed by atoms with Crippen molar-refractivity contribution in [1.82, 2.24) is 10.6 Å². The number of carboxylic acids is 1. The zero-order valence-electron chi connectivity index (χ0n) is 10.2.